The Labute approximate surface area is 146 Å². The minimum Gasteiger partial charge on any atom is -0.468 e. The Kier molecular flexibility index (Phi) is 3.53. The fourth-order valence-corrected chi connectivity index (χ4v) is 3.83. The predicted molar refractivity (Wildman–Crippen MR) is 94.2 cm³/mol. The number of nitrogens with one attached hydrogen (secondary N) is 1. The Bertz CT molecular complexity index is 836. The Morgan fingerprint density at radius 2 is 1.84 bits per heavy atom. The maximum Gasteiger partial charge on any atom is 0.238 e. The molecule has 2 bridgehead atoms. The summed E-state index contributed by atoms with van der Waals surface area (Å²) in [6, 6.07) is 16.9. The van der Waals surface area contributed by atoms with Gasteiger partial charge in [0.2, 0.25) is 11.8 Å². The molecule has 5 heteroatoms. The molecule has 0 unspecified atom stereocenters. The summed E-state index contributed by atoms with van der Waals surface area (Å²) in [6.07, 6.45) is 0.596. The van der Waals surface area contributed by atoms with E-state index in [9.17, 15) is 9.59 Å². The van der Waals surface area contributed by atoms with Crippen molar-refractivity contribution in [3.8, 4) is 5.75 Å². The quantitative estimate of drug-likeness (QED) is 0.858. The molecule has 0 aromatic heterocycles. The number of hydrogen-bond acceptors (Lipinski definition) is 3. The molecule has 2 aliphatic heterocycles. The zero-order valence-corrected chi connectivity index (χ0v) is 14.2. The van der Waals surface area contributed by atoms with Gasteiger partial charge in [0.15, 0.2) is 5.72 Å². The van der Waals surface area contributed by atoms with E-state index < -0.39 is 11.6 Å². The zero-order valence-electron chi connectivity index (χ0n) is 14.2. The lowest BCUT2D eigenvalue weighted by atomic mass is 9.73. The van der Waals surface area contributed by atoms with Crippen molar-refractivity contribution in [2.24, 2.45) is 5.92 Å². The molecule has 1 N–H and O–H groups in total. The highest BCUT2D eigenvalue weighted by Crippen LogP contribution is 2.49. The van der Waals surface area contributed by atoms with Gasteiger partial charge in [-0.2, -0.15) is 0 Å². The molecule has 0 spiro atoms. The molecule has 3 atom stereocenters. The highest BCUT2D eigenvalue weighted by Gasteiger charge is 2.54. The molecule has 2 aromatic carbocycles. The molecule has 2 aliphatic rings. The number of likely N-dealkylation sites (tertiary alicyclic amines) is 1. The van der Waals surface area contributed by atoms with Crippen molar-refractivity contribution >= 4 is 17.5 Å². The lowest BCUT2D eigenvalue weighted by molar-refractivity contribution is -0.170. The van der Waals surface area contributed by atoms with Crippen molar-refractivity contribution in [2.45, 2.75) is 25.0 Å². The molecule has 25 heavy (non-hydrogen) atoms. The van der Waals surface area contributed by atoms with Crippen molar-refractivity contribution in [1.29, 1.82) is 0 Å². The lowest BCUT2D eigenvalue weighted by Crippen LogP contribution is -2.62. The molecule has 1 fully saturated rings. The number of carbonyl (C=O) groups is 2. The monoisotopic (exact) mass is 336 g/mol. The maximum absolute atomic E-state index is 13.0. The van der Waals surface area contributed by atoms with Crippen LogP contribution in [0.2, 0.25) is 0 Å². The number of rotatable bonds is 2. The highest BCUT2D eigenvalue weighted by molar-refractivity contribution is 6.08. The SMILES string of the molecule is CN1C(=O)[C@@H](C(=O)Nc2ccccc2)[C@H]2C[C@]1(C)Oc1ccccc12. The average Bonchev–Trinajstić information content (AvgIpc) is 2.61. The van der Waals surface area contributed by atoms with Crippen LogP contribution in [-0.2, 0) is 9.59 Å². The number of amides is 2. The number of anilines is 1. The Morgan fingerprint density at radius 3 is 2.60 bits per heavy atom. The van der Waals surface area contributed by atoms with Crippen LogP contribution in [0, 0.1) is 5.92 Å². The van der Waals surface area contributed by atoms with Crippen molar-refractivity contribution in [3.63, 3.8) is 0 Å². The smallest absolute Gasteiger partial charge is 0.238 e. The number of piperidine rings is 1. The van der Waals surface area contributed by atoms with Gasteiger partial charge in [-0.1, -0.05) is 36.4 Å². The molecule has 0 aliphatic carbocycles. The summed E-state index contributed by atoms with van der Waals surface area (Å²) in [5.74, 6) is -0.683. The van der Waals surface area contributed by atoms with Gasteiger partial charge >= 0.3 is 0 Å². The first-order valence-corrected chi connectivity index (χ1v) is 8.41. The third-order valence-corrected chi connectivity index (χ3v) is 5.28. The molecule has 5 nitrogen and oxygen atoms in total. The number of nitrogens with zero attached hydrogens (tertiary/aromatic N) is 1. The molecule has 128 valence electrons. The summed E-state index contributed by atoms with van der Waals surface area (Å²) in [4.78, 5) is 27.5. The molecule has 4 rings (SSSR count). The van der Waals surface area contributed by atoms with Gasteiger partial charge in [0.05, 0.1) is 0 Å². The van der Waals surface area contributed by atoms with E-state index in [1.807, 2.05) is 61.5 Å². The Morgan fingerprint density at radius 1 is 1.16 bits per heavy atom. The Hall–Kier alpha value is -2.82. The van der Waals surface area contributed by atoms with Gasteiger partial charge in [0.25, 0.3) is 0 Å². The van der Waals surface area contributed by atoms with Crippen molar-refractivity contribution in [3.05, 3.63) is 60.2 Å². The third kappa shape index (κ3) is 2.47. The summed E-state index contributed by atoms with van der Waals surface area (Å²) in [5.41, 5.74) is 0.894. The van der Waals surface area contributed by atoms with Gasteiger partial charge in [0, 0.05) is 25.1 Å². The van der Waals surface area contributed by atoms with E-state index >= 15 is 0 Å². The van der Waals surface area contributed by atoms with Gasteiger partial charge < -0.3 is 15.0 Å². The van der Waals surface area contributed by atoms with Crippen LogP contribution in [0.4, 0.5) is 5.69 Å². The number of carbonyl (C=O) groups excluding carboxylic acids is 2. The average molecular weight is 336 g/mol. The minimum atomic E-state index is -0.761. The van der Waals surface area contributed by atoms with Crippen LogP contribution in [0.5, 0.6) is 5.75 Å². The topological polar surface area (TPSA) is 58.6 Å². The number of para-hydroxylation sites is 2. The van der Waals surface area contributed by atoms with Crippen LogP contribution in [0.1, 0.15) is 24.8 Å². The highest BCUT2D eigenvalue weighted by atomic mass is 16.5. The van der Waals surface area contributed by atoms with Gasteiger partial charge in [-0.3, -0.25) is 9.59 Å². The number of hydrogen-bond donors (Lipinski definition) is 1. The van der Waals surface area contributed by atoms with E-state index in [2.05, 4.69) is 5.32 Å². The van der Waals surface area contributed by atoms with Crippen molar-refractivity contribution < 1.29 is 14.3 Å². The van der Waals surface area contributed by atoms with Crippen LogP contribution < -0.4 is 10.1 Å². The zero-order chi connectivity index (χ0) is 17.6. The van der Waals surface area contributed by atoms with Gasteiger partial charge in [-0.25, -0.2) is 0 Å². The fourth-order valence-electron chi connectivity index (χ4n) is 3.83. The van der Waals surface area contributed by atoms with E-state index in [1.165, 1.54) is 0 Å². The van der Waals surface area contributed by atoms with Crippen LogP contribution in [0.3, 0.4) is 0 Å². The minimum absolute atomic E-state index is 0.192. The lowest BCUT2D eigenvalue weighted by Gasteiger charge is -2.51. The van der Waals surface area contributed by atoms with Crippen LogP contribution >= 0.6 is 0 Å². The van der Waals surface area contributed by atoms with E-state index in [0.717, 1.165) is 11.3 Å². The second kappa shape index (κ2) is 5.62. The first kappa shape index (κ1) is 15.7. The first-order chi connectivity index (χ1) is 12.0. The number of ether oxygens (including phenoxy) is 1. The molecular formula is C20H20N2O3. The summed E-state index contributed by atoms with van der Waals surface area (Å²) >= 11 is 0. The largest absolute Gasteiger partial charge is 0.468 e. The summed E-state index contributed by atoms with van der Waals surface area (Å²) in [5, 5.41) is 2.88. The molecule has 1 saturated heterocycles. The van der Waals surface area contributed by atoms with E-state index in [1.54, 1.807) is 11.9 Å². The molecule has 2 aromatic rings. The van der Waals surface area contributed by atoms with E-state index in [4.69, 9.17) is 4.74 Å². The van der Waals surface area contributed by atoms with Crippen LogP contribution in [0.25, 0.3) is 0 Å². The first-order valence-electron chi connectivity index (χ1n) is 8.41. The molecule has 2 heterocycles. The van der Waals surface area contributed by atoms with Gasteiger partial charge in [-0.15, -0.1) is 0 Å². The summed E-state index contributed by atoms with van der Waals surface area (Å²) in [6.45, 7) is 1.90. The van der Waals surface area contributed by atoms with Gasteiger partial charge in [0.1, 0.15) is 11.7 Å². The summed E-state index contributed by atoms with van der Waals surface area (Å²) < 4.78 is 6.09. The van der Waals surface area contributed by atoms with E-state index in [0.29, 0.717) is 12.1 Å². The molecule has 0 saturated carbocycles. The molecule has 2 amide bonds. The Balaban J connectivity index is 1.73. The van der Waals surface area contributed by atoms with Gasteiger partial charge in [-0.05, 0) is 30.7 Å². The third-order valence-electron chi connectivity index (χ3n) is 5.28. The number of benzene rings is 2. The van der Waals surface area contributed by atoms with Crippen LogP contribution in [0.15, 0.2) is 54.6 Å². The number of fused-ring (bicyclic) bond motifs is 4. The van der Waals surface area contributed by atoms with E-state index in [-0.39, 0.29) is 17.7 Å². The van der Waals surface area contributed by atoms with Crippen LogP contribution in [-0.4, -0.2) is 29.5 Å². The van der Waals surface area contributed by atoms with Crippen molar-refractivity contribution in [2.75, 3.05) is 12.4 Å². The molecule has 0 radical (unpaired) electrons. The summed E-state index contributed by atoms with van der Waals surface area (Å²) in [7, 11) is 1.70. The standard InChI is InChI=1S/C20H20N2O3/c1-20-12-15(14-10-6-7-11-16(14)25-20)17(19(24)22(20)2)18(23)21-13-8-4-3-5-9-13/h3-11,15,17H,12H2,1-2H3,(H,21,23)/t15-,17+,20-/m0/s1. The predicted octanol–water partition coefficient (Wildman–Crippen LogP) is 3.00. The van der Waals surface area contributed by atoms with Crippen molar-refractivity contribution in [1.82, 2.24) is 4.90 Å². The second-order valence-corrected chi connectivity index (χ2v) is 6.86. The maximum atomic E-state index is 13.0. The fraction of sp³-hybridized carbons (Fsp3) is 0.300. The molecular weight excluding hydrogens is 316 g/mol. The second-order valence-electron chi connectivity index (χ2n) is 6.86. The normalized spacial score (nSPS) is 27.3.